The van der Waals surface area contributed by atoms with E-state index in [-0.39, 0.29) is 25.1 Å². The quantitative estimate of drug-likeness (QED) is 0.633. The maximum atomic E-state index is 11.3. The van der Waals surface area contributed by atoms with Gasteiger partial charge in [0.1, 0.15) is 24.2 Å². The highest BCUT2D eigenvalue weighted by Crippen LogP contribution is 2.16. The molecule has 2 unspecified atom stereocenters. The summed E-state index contributed by atoms with van der Waals surface area (Å²) >= 11 is 0. The third kappa shape index (κ3) is 5.46. The Morgan fingerprint density at radius 2 is 1.90 bits per heavy atom. The second-order valence-electron chi connectivity index (χ2n) is 4.38. The highest BCUT2D eigenvalue weighted by atomic mass is 16.5. The molecule has 0 aliphatic heterocycles. The number of hydrogen-bond donors (Lipinski definition) is 3. The number of ether oxygens (including phenoxy) is 2. The van der Waals surface area contributed by atoms with Crippen molar-refractivity contribution in [3.63, 3.8) is 0 Å². The normalized spacial score (nSPS) is 13.4. The Bertz CT molecular complexity index is 408. The first kappa shape index (κ1) is 16.3. The van der Waals surface area contributed by atoms with Gasteiger partial charge in [0.05, 0.1) is 13.2 Å². The van der Waals surface area contributed by atoms with Crippen molar-refractivity contribution in [2.75, 3.05) is 27.3 Å². The summed E-state index contributed by atoms with van der Waals surface area (Å²) in [7, 11) is 3.17. The first-order valence-corrected chi connectivity index (χ1v) is 6.46. The van der Waals surface area contributed by atoms with Crippen molar-refractivity contribution in [3.8, 4) is 11.5 Å². The Balaban J connectivity index is 2.28. The van der Waals surface area contributed by atoms with Gasteiger partial charge in [-0.25, -0.2) is 0 Å². The van der Waals surface area contributed by atoms with Crippen molar-refractivity contribution in [1.82, 2.24) is 10.6 Å². The number of nitrogens with one attached hydrogen (secondary N) is 2. The molecule has 112 valence electrons. The molecule has 0 saturated heterocycles. The van der Waals surface area contributed by atoms with E-state index in [9.17, 15) is 9.90 Å². The summed E-state index contributed by atoms with van der Waals surface area (Å²) < 4.78 is 10.5. The molecule has 0 aliphatic rings. The fraction of sp³-hybridized carbons (Fsp3) is 0.500. The van der Waals surface area contributed by atoms with E-state index in [1.54, 1.807) is 45.3 Å². The highest BCUT2D eigenvalue weighted by Gasteiger charge is 2.12. The average Bonchev–Trinajstić information content (AvgIpc) is 2.50. The van der Waals surface area contributed by atoms with Crippen LogP contribution in [-0.2, 0) is 4.79 Å². The van der Waals surface area contributed by atoms with Crippen molar-refractivity contribution in [3.05, 3.63) is 24.3 Å². The molecule has 0 heterocycles. The maximum absolute atomic E-state index is 11.3. The molecule has 0 aromatic heterocycles. The van der Waals surface area contributed by atoms with Crippen LogP contribution in [0.15, 0.2) is 24.3 Å². The van der Waals surface area contributed by atoms with Crippen LogP contribution in [0.4, 0.5) is 0 Å². The van der Waals surface area contributed by atoms with Gasteiger partial charge in [0.2, 0.25) is 5.91 Å². The number of aliphatic hydroxyl groups is 1. The minimum atomic E-state index is -0.691. The first-order chi connectivity index (χ1) is 9.56. The average molecular weight is 282 g/mol. The molecule has 0 radical (unpaired) electrons. The van der Waals surface area contributed by atoms with Crippen LogP contribution in [0.2, 0.25) is 0 Å². The Morgan fingerprint density at radius 3 is 2.45 bits per heavy atom. The zero-order valence-corrected chi connectivity index (χ0v) is 12.1. The Kier molecular flexibility index (Phi) is 6.83. The van der Waals surface area contributed by atoms with E-state index >= 15 is 0 Å². The van der Waals surface area contributed by atoms with E-state index in [4.69, 9.17) is 9.47 Å². The molecule has 20 heavy (non-hydrogen) atoms. The molecule has 1 aromatic rings. The lowest BCUT2D eigenvalue weighted by atomic mass is 10.3. The fourth-order valence-electron chi connectivity index (χ4n) is 1.55. The molecule has 0 fully saturated rings. The second-order valence-corrected chi connectivity index (χ2v) is 4.38. The molecular formula is C14H22N2O4. The number of carbonyl (C=O) groups excluding carboxylic acids is 1. The number of carbonyl (C=O) groups is 1. The predicted octanol–water partition coefficient (Wildman–Crippen LogP) is 0.159. The van der Waals surface area contributed by atoms with Gasteiger partial charge in [-0.3, -0.25) is 4.79 Å². The molecule has 6 nitrogen and oxygen atoms in total. The summed E-state index contributed by atoms with van der Waals surface area (Å²) in [5.74, 6) is 1.29. The van der Waals surface area contributed by atoms with Crippen LogP contribution in [0.3, 0.4) is 0 Å². The lowest BCUT2D eigenvalue weighted by Gasteiger charge is -2.16. The third-order valence-electron chi connectivity index (χ3n) is 2.80. The molecular weight excluding hydrogens is 260 g/mol. The van der Waals surface area contributed by atoms with Gasteiger partial charge in [-0.2, -0.15) is 0 Å². The van der Waals surface area contributed by atoms with E-state index in [2.05, 4.69) is 10.6 Å². The zero-order valence-electron chi connectivity index (χ0n) is 12.1. The fourth-order valence-corrected chi connectivity index (χ4v) is 1.55. The Hall–Kier alpha value is -1.79. The lowest BCUT2D eigenvalue weighted by molar-refractivity contribution is -0.122. The number of methoxy groups -OCH3 is 1. The molecule has 3 N–H and O–H groups in total. The number of likely N-dealkylation sites (N-methyl/N-ethyl adjacent to an activating group) is 1. The van der Waals surface area contributed by atoms with E-state index in [1.165, 1.54) is 0 Å². The van der Waals surface area contributed by atoms with Crippen molar-refractivity contribution in [2.45, 2.75) is 19.1 Å². The Labute approximate surface area is 119 Å². The summed E-state index contributed by atoms with van der Waals surface area (Å²) in [6.45, 7) is 2.17. The van der Waals surface area contributed by atoms with E-state index < -0.39 is 6.10 Å². The van der Waals surface area contributed by atoms with Gasteiger partial charge >= 0.3 is 0 Å². The van der Waals surface area contributed by atoms with Crippen molar-refractivity contribution < 1.29 is 19.4 Å². The van der Waals surface area contributed by atoms with Crippen LogP contribution in [0.1, 0.15) is 6.92 Å². The summed E-state index contributed by atoms with van der Waals surface area (Å²) in [6.07, 6.45) is -0.691. The topological polar surface area (TPSA) is 79.8 Å². The maximum Gasteiger partial charge on any atom is 0.236 e. The number of benzene rings is 1. The standard InChI is InChI=1S/C14H22N2O4/c1-10(14(18)15-2)16-8-11(17)9-20-13-6-4-12(19-3)5-7-13/h4-7,10-11,16-17H,8-9H2,1-3H3,(H,15,18). The van der Waals surface area contributed by atoms with Gasteiger partial charge < -0.3 is 25.2 Å². The molecule has 1 rings (SSSR count). The van der Waals surface area contributed by atoms with Gasteiger partial charge in [0.15, 0.2) is 0 Å². The minimum Gasteiger partial charge on any atom is -0.497 e. The van der Waals surface area contributed by atoms with E-state index in [0.29, 0.717) is 5.75 Å². The second kappa shape index (κ2) is 8.39. The van der Waals surface area contributed by atoms with Gasteiger partial charge in [-0.15, -0.1) is 0 Å². The molecule has 1 amide bonds. The predicted molar refractivity (Wildman–Crippen MR) is 76.0 cm³/mol. The van der Waals surface area contributed by atoms with Crippen LogP contribution in [0.25, 0.3) is 0 Å². The van der Waals surface area contributed by atoms with Gasteiger partial charge in [0.25, 0.3) is 0 Å². The van der Waals surface area contributed by atoms with Crippen molar-refractivity contribution >= 4 is 5.91 Å². The van der Waals surface area contributed by atoms with Crippen LogP contribution in [0.5, 0.6) is 11.5 Å². The molecule has 0 spiro atoms. The van der Waals surface area contributed by atoms with E-state index in [0.717, 1.165) is 5.75 Å². The number of rotatable bonds is 8. The summed E-state index contributed by atoms with van der Waals surface area (Å²) in [6, 6.07) is 6.76. The van der Waals surface area contributed by atoms with E-state index in [1.807, 2.05) is 0 Å². The molecule has 2 atom stereocenters. The number of aliphatic hydroxyl groups excluding tert-OH is 1. The minimum absolute atomic E-state index is 0.117. The summed E-state index contributed by atoms with van der Waals surface area (Å²) in [5, 5.41) is 15.2. The number of hydrogen-bond acceptors (Lipinski definition) is 5. The molecule has 6 heteroatoms. The summed E-state index contributed by atoms with van der Waals surface area (Å²) in [4.78, 5) is 11.3. The molecule has 0 aliphatic carbocycles. The third-order valence-corrected chi connectivity index (χ3v) is 2.80. The van der Waals surface area contributed by atoms with Gasteiger partial charge in [-0.05, 0) is 31.2 Å². The SMILES string of the molecule is CNC(=O)C(C)NCC(O)COc1ccc(OC)cc1. The highest BCUT2D eigenvalue weighted by molar-refractivity contribution is 5.80. The summed E-state index contributed by atoms with van der Waals surface area (Å²) in [5.41, 5.74) is 0. The molecule has 0 bridgehead atoms. The first-order valence-electron chi connectivity index (χ1n) is 6.46. The molecule has 1 aromatic carbocycles. The monoisotopic (exact) mass is 282 g/mol. The van der Waals surface area contributed by atoms with Crippen molar-refractivity contribution in [2.24, 2.45) is 0 Å². The smallest absolute Gasteiger partial charge is 0.236 e. The van der Waals surface area contributed by atoms with Crippen LogP contribution in [-0.4, -0.2) is 50.5 Å². The van der Waals surface area contributed by atoms with Crippen LogP contribution >= 0.6 is 0 Å². The molecule has 0 saturated carbocycles. The van der Waals surface area contributed by atoms with Gasteiger partial charge in [0, 0.05) is 13.6 Å². The van der Waals surface area contributed by atoms with Gasteiger partial charge in [-0.1, -0.05) is 0 Å². The largest absolute Gasteiger partial charge is 0.497 e. The Morgan fingerprint density at radius 1 is 1.30 bits per heavy atom. The van der Waals surface area contributed by atoms with Crippen LogP contribution in [0, 0.1) is 0 Å². The number of amides is 1. The van der Waals surface area contributed by atoms with Crippen molar-refractivity contribution in [1.29, 1.82) is 0 Å². The van der Waals surface area contributed by atoms with Crippen LogP contribution < -0.4 is 20.1 Å². The lowest BCUT2D eigenvalue weighted by Crippen LogP contribution is -2.44. The zero-order chi connectivity index (χ0) is 15.0.